The number of hydrogen-bond acceptors (Lipinski definition) is 3. The molecule has 2 atom stereocenters. The van der Waals surface area contributed by atoms with Gasteiger partial charge in [-0.15, -0.1) is 11.8 Å². The molecule has 18 heavy (non-hydrogen) atoms. The van der Waals surface area contributed by atoms with Gasteiger partial charge in [-0.3, -0.25) is 0 Å². The molecule has 2 unspecified atom stereocenters. The lowest BCUT2D eigenvalue weighted by Gasteiger charge is -2.31. The van der Waals surface area contributed by atoms with Gasteiger partial charge in [0, 0.05) is 18.5 Å². The number of fused-ring (bicyclic) bond motifs is 1. The van der Waals surface area contributed by atoms with Gasteiger partial charge in [-0.1, -0.05) is 25.2 Å². The van der Waals surface area contributed by atoms with Gasteiger partial charge in [-0.05, 0) is 37.3 Å². The molecular formula is C15H22N2S. The minimum Gasteiger partial charge on any atom is -0.379 e. The molecule has 1 N–H and O–H groups in total. The molecular weight excluding hydrogens is 240 g/mol. The summed E-state index contributed by atoms with van der Waals surface area (Å²) in [6.07, 6.45) is 14.1. The van der Waals surface area contributed by atoms with Crippen molar-refractivity contribution >= 4 is 11.8 Å². The summed E-state index contributed by atoms with van der Waals surface area (Å²) in [5.41, 5.74) is 2.82. The van der Waals surface area contributed by atoms with Gasteiger partial charge in [0.2, 0.25) is 0 Å². The molecule has 2 nitrogen and oxygen atoms in total. The van der Waals surface area contributed by atoms with Crippen molar-refractivity contribution in [3.05, 3.63) is 47.9 Å². The van der Waals surface area contributed by atoms with E-state index in [1.165, 1.54) is 11.3 Å². The third-order valence-corrected chi connectivity index (χ3v) is 4.72. The molecule has 0 bridgehead atoms. The monoisotopic (exact) mass is 262 g/mol. The molecule has 0 aromatic rings. The van der Waals surface area contributed by atoms with Crippen molar-refractivity contribution in [1.82, 2.24) is 10.2 Å². The van der Waals surface area contributed by atoms with E-state index in [0.29, 0.717) is 11.4 Å². The number of thioether (sulfide) groups is 1. The van der Waals surface area contributed by atoms with E-state index in [2.05, 4.69) is 61.5 Å². The van der Waals surface area contributed by atoms with E-state index < -0.39 is 0 Å². The molecule has 1 saturated heterocycles. The second kappa shape index (κ2) is 6.19. The topological polar surface area (TPSA) is 15.3 Å². The van der Waals surface area contributed by atoms with E-state index in [4.69, 9.17) is 0 Å². The van der Waals surface area contributed by atoms with Gasteiger partial charge >= 0.3 is 0 Å². The van der Waals surface area contributed by atoms with Gasteiger partial charge in [0.25, 0.3) is 0 Å². The van der Waals surface area contributed by atoms with Crippen LogP contribution in [0.3, 0.4) is 0 Å². The van der Waals surface area contributed by atoms with E-state index >= 15 is 0 Å². The van der Waals surface area contributed by atoms with Crippen LogP contribution in [0.25, 0.3) is 0 Å². The zero-order valence-electron chi connectivity index (χ0n) is 11.4. The number of hydrogen-bond donors (Lipinski definition) is 1. The van der Waals surface area contributed by atoms with Crippen LogP contribution in [-0.2, 0) is 0 Å². The molecule has 1 fully saturated rings. The van der Waals surface area contributed by atoms with Crippen LogP contribution in [0.2, 0.25) is 0 Å². The minimum atomic E-state index is 0.332. The van der Waals surface area contributed by atoms with E-state index in [9.17, 15) is 0 Å². The first-order valence-electron chi connectivity index (χ1n) is 6.57. The average molecular weight is 262 g/mol. The minimum absolute atomic E-state index is 0.332. The Balaban J connectivity index is 2.30. The number of nitrogens with zero attached hydrogens (tertiary/aromatic N) is 1. The third kappa shape index (κ3) is 2.83. The summed E-state index contributed by atoms with van der Waals surface area (Å²) < 4.78 is 0. The maximum Gasteiger partial charge on any atom is 0.0883 e. The normalized spacial score (nSPS) is 30.1. The van der Waals surface area contributed by atoms with Crippen molar-refractivity contribution in [1.29, 1.82) is 0 Å². The van der Waals surface area contributed by atoms with Gasteiger partial charge in [0.1, 0.15) is 0 Å². The molecule has 0 saturated carbocycles. The van der Waals surface area contributed by atoms with Crippen molar-refractivity contribution in [2.45, 2.75) is 31.7 Å². The maximum atomic E-state index is 3.48. The van der Waals surface area contributed by atoms with Gasteiger partial charge in [-0.2, -0.15) is 0 Å². The molecule has 98 valence electrons. The Kier molecular flexibility index (Phi) is 4.59. The molecule has 2 aliphatic heterocycles. The quantitative estimate of drug-likeness (QED) is 0.822. The van der Waals surface area contributed by atoms with Crippen LogP contribution in [0.5, 0.6) is 0 Å². The van der Waals surface area contributed by atoms with Crippen LogP contribution in [-0.4, -0.2) is 29.1 Å². The molecule has 0 aromatic carbocycles. The smallest absolute Gasteiger partial charge is 0.0883 e. The first-order valence-corrected chi connectivity index (χ1v) is 7.61. The fraction of sp³-hybridized carbons (Fsp3) is 0.467. The van der Waals surface area contributed by atoms with Crippen LogP contribution in [0.15, 0.2) is 47.9 Å². The number of allylic oxidation sites excluding steroid dienone is 5. The predicted octanol–water partition coefficient (Wildman–Crippen LogP) is 3.27. The van der Waals surface area contributed by atoms with E-state index in [1.807, 2.05) is 18.0 Å². The highest BCUT2D eigenvalue weighted by molar-refractivity contribution is 8.00. The summed E-state index contributed by atoms with van der Waals surface area (Å²) in [5, 5.41) is 4.00. The Bertz CT molecular complexity index is 407. The molecule has 3 heteroatoms. The average Bonchev–Trinajstić information content (AvgIpc) is 2.51. The van der Waals surface area contributed by atoms with Crippen LogP contribution in [0.1, 0.15) is 20.3 Å². The van der Waals surface area contributed by atoms with Crippen LogP contribution in [0, 0.1) is 0 Å². The molecule has 0 aromatic heterocycles. The highest BCUT2D eigenvalue weighted by atomic mass is 32.2. The summed E-state index contributed by atoms with van der Waals surface area (Å²) in [4.78, 5) is 2.38. The zero-order valence-corrected chi connectivity index (χ0v) is 12.2. The lowest BCUT2D eigenvalue weighted by molar-refractivity contribution is 0.384. The van der Waals surface area contributed by atoms with E-state index in [1.54, 1.807) is 0 Å². The van der Waals surface area contributed by atoms with Gasteiger partial charge in [0.05, 0.1) is 11.4 Å². The number of rotatable bonds is 2. The van der Waals surface area contributed by atoms with Crippen molar-refractivity contribution < 1.29 is 0 Å². The Morgan fingerprint density at radius 3 is 3.17 bits per heavy atom. The van der Waals surface area contributed by atoms with Crippen molar-refractivity contribution in [2.75, 3.05) is 12.8 Å². The fourth-order valence-electron chi connectivity index (χ4n) is 2.19. The number of dihydropyridines is 1. The summed E-state index contributed by atoms with van der Waals surface area (Å²) in [7, 11) is 2.19. The van der Waals surface area contributed by atoms with E-state index in [-0.39, 0.29) is 0 Å². The summed E-state index contributed by atoms with van der Waals surface area (Å²) in [6, 6.07) is 0.332. The van der Waals surface area contributed by atoms with E-state index in [0.717, 1.165) is 12.2 Å². The van der Waals surface area contributed by atoms with Crippen molar-refractivity contribution in [3.63, 3.8) is 0 Å². The standard InChI is InChI=1S/C15H22N2S/c1-4-5-6-9-14-15-13(8-7-10-16-15)11-18-12(2)17(14)3/h5-10,12,15-16H,4,11H2,1-3H3/b6-5+,14-9-. The van der Waals surface area contributed by atoms with Gasteiger partial charge < -0.3 is 10.2 Å². The fourth-order valence-corrected chi connectivity index (χ4v) is 3.23. The lowest BCUT2D eigenvalue weighted by Crippen LogP contribution is -2.37. The summed E-state index contributed by atoms with van der Waals surface area (Å²) >= 11 is 1.99. The molecule has 2 aliphatic rings. The molecule has 2 rings (SSSR count). The SMILES string of the molecule is CC/C=C/C=C1/C2NC=CC=C2CSC(C)N1C. The Morgan fingerprint density at radius 1 is 1.56 bits per heavy atom. The molecule has 0 spiro atoms. The molecule has 0 amide bonds. The lowest BCUT2D eigenvalue weighted by atomic mass is 10.0. The highest BCUT2D eigenvalue weighted by Crippen LogP contribution is 2.31. The Morgan fingerprint density at radius 2 is 2.39 bits per heavy atom. The maximum absolute atomic E-state index is 3.48. The third-order valence-electron chi connectivity index (χ3n) is 3.42. The Labute approximate surface area is 115 Å². The number of likely N-dealkylation sites (N-methyl/N-ethyl adjacent to an activating group) is 1. The van der Waals surface area contributed by atoms with Gasteiger partial charge in [0.15, 0.2) is 0 Å². The predicted molar refractivity (Wildman–Crippen MR) is 81.3 cm³/mol. The number of nitrogens with one attached hydrogen (secondary N) is 1. The Hall–Kier alpha value is -1.09. The van der Waals surface area contributed by atoms with Crippen molar-refractivity contribution in [2.24, 2.45) is 0 Å². The highest BCUT2D eigenvalue weighted by Gasteiger charge is 2.28. The van der Waals surface area contributed by atoms with Crippen LogP contribution >= 0.6 is 11.8 Å². The summed E-state index contributed by atoms with van der Waals surface area (Å²) in [5.74, 6) is 1.10. The largest absolute Gasteiger partial charge is 0.379 e. The first-order chi connectivity index (χ1) is 8.74. The molecule has 0 radical (unpaired) electrons. The summed E-state index contributed by atoms with van der Waals surface area (Å²) in [6.45, 7) is 4.44. The van der Waals surface area contributed by atoms with Crippen LogP contribution in [0.4, 0.5) is 0 Å². The van der Waals surface area contributed by atoms with Crippen molar-refractivity contribution in [3.8, 4) is 0 Å². The van der Waals surface area contributed by atoms with Crippen LogP contribution < -0.4 is 5.32 Å². The van der Waals surface area contributed by atoms with Gasteiger partial charge in [-0.25, -0.2) is 0 Å². The second-order valence-electron chi connectivity index (χ2n) is 4.65. The molecule has 0 aliphatic carbocycles. The zero-order chi connectivity index (χ0) is 13.0. The molecule has 2 heterocycles. The second-order valence-corrected chi connectivity index (χ2v) is 5.95. The first kappa shape index (κ1) is 13.3.